The molecule has 0 radical (unpaired) electrons. The molecule has 0 aromatic rings. The largest absolute Gasteiger partial charge is 0.367 e. The van der Waals surface area contributed by atoms with Gasteiger partial charge in [-0.1, -0.05) is 6.58 Å². The molecule has 1 N–H and O–H groups in total. The average molecular weight is 151 g/mol. The molecule has 0 bridgehead atoms. The molecular formula is C4H9NO3S. The summed E-state index contributed by atoms with van der Waals surface area (Å²) in [5.41, 5.74) is 0. The minimum Gasteiger partial charge on any atom is -0.367 e. The van der Waals surface area contributed by atoms with Crippen LogP contribution < -0.4 is 0 Å². The molecule has 0 aliphatic heterocycles. The number of hydrogen-bond acceptors (Lipinski definition) is 3. The summed E-state index contributed by atoms with van der Waals surface area (Å²) in [5, 5.41) is -0.303. The lowest BCUT2D eigenvalue weighted by molar-refractivity contribution is 0.459. The third kappa shape index (κ3) is 2.48. The Kier molecular flexibility index (Phi) is 2.22. The molecule has 0 aromatic heterocycles. The van der Waals surface area contributed by atoms with E-state index in [1.54, 1.807) is 0 Å². The normalized spacial score (nSPS) is 11.0. The Bertz CT molecular complexity index is 204. The van der Waals surface area contributed by atoms with E-state index < -0.39 is 10.1 Å². The zero-order valence-corrected chi connectivity index (χ0v) is 6.14. The topological polar surface area (TPSA) is 57.6 Å². The van der Waals surface area contributed by atoms with E-state index >= 15 is 0 Å². The Morgan fingerprint density at radius 1 is 1.56 bits per heavy atom. The van der Waals surface area contributed by atoms with Gasteiger partial charge in [0.15, 0.2) is 5.03 Å². The zero-order valence-electron chi connectivity index (χ0n) is 5.33. The number of rotatable bonds is 2. The van der Waals surface area contributed by atoms with E-state index in [1.165, 1.54) is 19.0 Å². The molecule has 0 rings (SSSR count). The predicted molar refractivity (Wildman–Crippen MR) is 34.4 cm³/mol. The van der Waals surface area contributed by atoms with E-state index in [0.717, 1.165) is 0 Å². The zero-order chi connectivity index (χ0) is 7.65. The van der Waals surface area contributed by atoms with Gasteiger partial charge in [0, 0.05) is 14.1 Å². The monoisotopic (exact) mass is 151 g/mol. The predicted octanol–water partition coefficient (Wildman–Crippen LogP) is -0.0930. The summed E-state index contributed by atoms with van der Waals surface area (Å²) in [6.07, 6.45) is 0. The summed E-state index contributed by atoms with van der Waals surface area (Å²) in [6, 6.07) is 0. The molecule has 54 valence electrons. The van der Waals surface area contributed by atoms with Gasteiger partial charge in [-0.05, 0) is 0 Å². The molecule has 0 amide bonds. The van der Waals surface area contributed by atoms with Crippen molar-refractivity contribution in [3.05, 3.63) is 11.6 Å². The van der Waals surface area contributed by atoms with Crippen LogP contribution in [0.2, 0.25) is 0 Å². The number of hydrogen-bond donors (Lipinski definition) is 1. The first-order chi connectivity index (χ1) is 3.85. The minimum atomic E-state index is -4.07. The maximum atomic E-state index is 10.2. The smallest absolute Gasteiger partial charge is 0.309 e. The molecule has 4 nitrogen and oxygen atoms in total. The van der Waals surface area contributed by atoms with Crippen LogP contribution in [0.1, 0.15) is 0 Å². The Hall–Kier alpha value is -0.550. The first-order valence-electron chi connectivity index (χ1n) is 2.19. The molecule has 0 aromatic carbocycles. The molecule has 0 spiro atoms. The van der Waals surface area contributed by atoms with Crippen LogP contribution in [0.4, 0.5) is 0 Å². The third-order valence-electron chi connectivity index (χ3n) is 0.797. The molecular weight excluding hydrogens is 142 g/mol. The van der Waals surface area contributed by atoms with Gasteiger partial charge >= 0.3 is 10.1 Å². The lowest BCUT2D eigenvalue weighted by Gasteiger charge is -2.10. The summed E-state index contributed by atoms with van der Waals surface area (Å²) >= 11 is 0. The third-order valence-corrected chi connectivity index (χ3v) is 1.76. The summed E-state index contributed by atoms with van der Waals surface area (Å²) < 4.78 is 28.7. The fraction of sp³-hybridized carbons (Fsp3) is 0.500. The fourth-order valence-electron chi connectivity index (χ4n) is 0.231. The van der Waals surface area contributed by atoms with Gasteiger partial charge in [0.1, 0.15) is 0 Å². The Morgan fingerprint density at radius 2 is 1.89 bits per heavy atom. The lowest BCUT2D eigenvalue weighted by Crippen LogP contribution is -2.17. The first-order valence-corrected chi connectivity index (χ1v) is 3.63. The molecule has 5 heteroatoms. The molecule has 0 fully saturated rings. The van der Waals surface area contributed by atoms with E-state index in [-0.39, 0.29) is 5.03 Å². The number of nitrogens with zero attached hydrogens (tertiary/aromatic N) is 1. The highest BCUT2D eigenvalue weighted by atomic mass is 32.2. The van der Waals surface area contributed by atoms with Gasteiger partial charge in [-0.3, -0.25) is 4.55 Å². The molecule has 0 unspecified atom stereocenters. The molecule has 0 aliphatic carbocycles. The van der Waals surface area contributed by atoms with E-state index in [9.17, 15) is 8.42 Å². The van der Waals surface area contributed by atoms with Crippen LogP contribution in [-0.2, 0) is 10.1 Å². The van der Waals surface area contributed by atoms with Crippen LogP contribution >= 0.6 is 0 Å². The van der Waals surface area contributed by atoms with Crippen molar-refractivity contribution in [3.8, 4) is 0 Å². The van der Waals surface area contributed by atoms with E-state index in [0.29, 0.717) is 0 Å². The second kappa shape index (κ2) is 2.36. The van der Waals surface area contributed by atoms with E-state index in [2.05, 4.69) is 6.58 Å². The van der Waals surface area contributed by atoms with E-state index in [4.69, 9.17) is 4.55 Å². The Morgan fingerprint density at radius 3 is 1.89 bits per heavy atom. The summed E-state index contributed by atoms with van der Waals surface area (Å²) in [7, 11) is -1.11. The van der Waals surface area contributed by atoms with Crippen LogP contribution in [0.25, 0.3) is 0 Å². The van der Waals surface area contributed by atoms with Crippen molar-refractivity contribution in [3.63, 3.8) is 0 Å². The van der Waals surface area contributed by atoms with Crippen molar-refractivity contribution >= 4 is 10.1 Å². The SMILES string of the molecule is C=C(N(C)C)S(=O)(=O)O. The van der Waals surface area contributed by atoms with Gasteiger partial charge in [0.2, 0.25) is 0 Å². The van der Waals surface area contributed by atoms with Gasteiger partial charge in [0.25, 0.3) is 0 Å². The van der Waals surface area contributed by atoms with Crippen molar-refractivity contribution in [2.75, 3.05) is 14.1 Å². The highest BCUT2D eigenvalue weighted by Gasteiger charge is 2.11. The van der Waals surface area contributed by atoms with Crippen LogP contribution in [0.5, 0.6) is 0 Å². The van der Waals surface area contributed by atoms with Crippen LogP contribution in [0.3, 0.4) is 0 Å². The van der Waals surface area contributed by atoms with Crippen LogP contribution in [-0.4, -0.2) is 32.0 Å². The van der Waals surface area contributed by atoms with Crippen molar-refractivity contribution < 1.29 is 13.0 Å². The lowest BCUT2D eigenvalue weighted by atomic mass is 10.8. The first kappa shape index (κ1) is 8.45. The molecule has 0 atom stereocenters. The quantitative estimate of drug-likeness (QED) is 0.560. The maximum Gasteiger partial charge on any atom is 0.309 e. The van der Waals surface area contributed by atoms with Gasteiger partial charge in [0.05, 0.1) is 0 Å². The van der Waals surface area contributed by atoms with Crippen molar-refractivity contribution in [2.24, 2.45) is 0 Å². The second-order valence-corrected chi connectivity index (χ2v) is 3.18. The van der Waals surface area contributed by atoms with Gasteiger partial charge in [-0.25, -0.2) is 0 Å². The standard InChI is InChI=1S/C4H9NO3S/c1-4(5(2)3)9(6,7)8/h1H2,2-3H3,(H,6,7,8). The van der Waals surface area contributed by atoms with Crippen molar-refractivity contribution in [2.45, 2.75) is 0 Å². The molecule has 0 saturated heterocycles. The van der Waals surface area contributed by atoms with Crippen molar-refractivity contribution in [1.29, 1.82) is 0 Å². The molecule has 0 saturated carbocycles. The maximum absolute atomic E-state index is 10.2. The van der Waals surface area contributed by atoms with Gasteiger partial charge in [-0.2, -0.15) is 8.42 Å². The average Bonchev–Trinajstić information content (AvgIpc) is 1.62. The van der Waals surface area contributed by atoms with Crippen LogP contribution in [0, 0.1) is 0 Å². The Balaban J connectivity index is 4.45. The summed E-state index contributed by atoms with van der Waals surface area (Å²) in [6.45, 7) is 3.11. The summed E-state index contributed by atoms with van der Waals surface area (Å²) in [5.74, 6) is 0. The molecule has 9 heavy (non-hydrogen) atoms. The van der Waals surface area contributed by atoms with Crippen LogP contribution in [0.15, 0.2) is 11.6 Å². The van der Waals surface area contributed by atoms with E-state index in [1.807, 2.05) is 0 Å². The molecule has 0 aliphatic rings. The highest BCUT2D eigenvalue weighted by Crippen LogP contribution is 2.01. The fourth-order valence-corrected chi connectivity index (χ4v) is 0.692. The van der Waals surface area contributed by atoms with Crippen molar-refractivity contribution in [1.82, 2.24) is 4.90 Å². The van der Waals surface area contributed by atoms with Gasteiger partial charge in [-0.15, -0.1) is 0 Å². The molecule has 0 heterocycles. The Labute approximate surface area is 54.5 Å². The second-order valence-electron chi connectivity index (χ2n) is 1.76. The highest BCUT2D eigenvalue weighted by molar-refractivity contribution is 7.89. The van der Waals surface area contributed by atoms with Gasteiger partial charge < -0.3 is 4.90 Å². The summed E-state index contributed by atoms with van der Waals surface area (Å²) in [4.78, 5) is 1.22. The minimum absolute atomic E-state index is 0.303.